The fraction of sp³-hybridized carbons (Fsp3) is 0. The Morgan fingerprint density at radius 1 is 0.833 bits per heavy atom. The molecule has 0 atom stereocenters. The van der Waals surface area contributed by atoms with Crippen molar-refractivity contribution in [1.82, 2.24) is 9.97 Å². The molecule has 0 radical (unpaired) electrons. The second-order valence-corrected chi connectivity index (χ2v) is 4.36. The summed E-state index contributed by atoms with van der Waals surface area (Å²) in [5.74, 6) is 0. The zero-order valence-corrected chi connectivity index (χ0v) is 10.4. The Balaban J connectivity index is 2.44. The van der Waals surface area contributed by atoms with Crippen molar-refractivity contribution in [2.75, 3.05) is 0 Å². The highest BCUT2D eigenvalue weighted by atomic mass is 32.1. The van der Waals surface area contributed by atoms with E-state index in [1.54, 1.807) is 6.20 Å². The molecule has 2 nitrogen and oxygen atoms in total. The van der Waals surface area contributed by atoms with Gasteiger partial charge in [0.1, 0.15) is 4.64 Å². The van der Waals surface area contributed by atoms with Gasteiger partial charge in [-0.3, -0.25) is 4.98 Å². The molecule has 3 heteroatoms. The largest absolute Gasteiger partial charge is 0.252 e. The fourth-order valence-electron chi connectivity index (χ4n) is 1.93. The molecule has 2 aromatic carbocycles. The molecule has 0 amide bonds. The predicted molar refractivity (Wildman–Crippen MR) is 75.8 cm³/mol. The van der Waals surface area contributed by atoms with Crippen LogP contribution in [0, 0.1) is 4.64 Å². The molecule has 1 heterocycles. The van der Waals surface area contributed by atoms with Crippen LogP contribution in [0.25, 0.3) is 22.2 Å². The van der Waals surface area contributed by atoms with E-state index in [0.29, 0.717) is 4.64 Å². The van der Waals surface area contributed by atoms with E-state index in [0.717, 1.165) is 22.2 Å². The average molecular weight is 250 g/mol. The van der Waals surface area contributed by atoms with Crippen molar-refractivity contribution in [2.45, 2.75) is 0 Å². The first-order valence-electron chi connectivity index (χ1n) is 5.66. The van der Waals surface area contributed by atoms with Crippen LogP contribution in [0.3, 0.4) is 0 Å². The molecule has 3 rings (SSSR count). The SMILES string of the molecule is S=c1cnc(-c2ccccc2)c2ccccc2n1. The third kappa shape index (κ3) is 2.00. The zero-order chi connectivity index (χ0) is 12.4. The smallest absolute Gasteiger partial charge is 0.145 e. The highest BCUT2D eigenvalue weighted by Crippen LogP contribution is 2.23. The van der Waals surface area contributed by atoms with Crippen LogP contribution >= 0.6 is 12.2 Å². The predicted octanol–water partition coefficient (Wildman–Crippen LogP) is 4.03. The van der Waals surface area contributed by atoms with E-state index in [1.165, 1.54) is 0 Å². The van der Waals surface area contributed by atoms with Crippen molar-refractivity contribution in [3.8, 4) is 11.3 Å². The minimum absolute atomic E-state index is 0.508. The third-order valence-electron chi connectivity index (χ3n) is 2.74. The number of rotatable bonds is 1. The summed E-state index contributed by atoms with van der Waals surface area (Å²) in [6.45, 7) is 0. The van der Waals surface area contributed by atoms with Crippen LogP contribution in [0.1, 0.15) is 0 Å². The Morgan fingerprint density at radius 3 is 2.39 bits per heavy atom. The van der Waals surface area contributed by atoms with Gasteiger partial charge in [0, 0.05) is 10.9 Å². The molecule has 3 aromatic rings. The lowest BCUT2D eigenvalue weighted by atomic mass is 10.1. The summed E-state index contributed by atoms with van der Waals surface area (Å²) in [5.41, 5.74) is 2.86. The molecule has 0 aliphatic rings. The number of aromatic nitrogens is 2. The molecule has 18 heavy (non-hydrogen) atoms. The Morgan fingerprint density at radius 2 is 1.56 bits per heavy atom. The summed E-state index contributed by atoms with van der Waals surface area (Å²) in [6, 6.07) is 18.0. The lowest BCUT2D eigenvalue weighted by Gasteiger charge is -2.00. The van der Waals surface area contributed by atoms with E-state index in [9.17, 15) is 0 Å². The van der Waals surface area contributed by atoms with Gasteiger partial charge in [-0.2, -0.15) is 0 Å². The molecule has 0 aliphatic heterocycles. The van der Waals surface area contributed by atoms with Crippen molar-refractivity contribution in [2.24, 2.45) is 0 Å². The molecule has 1 aromatic heterocycles. The summed E-state index contributed by atoms with van der Waals surface area (Å²) < 4.78 is 0.508. The van der Waals surface area contributed by atoms with Gasteiger partial charge in [0.2, 0.25) is 0 Å². The minimum atomic E-state index is 0.508. The summed E-state index contributed by atoms with van der Waals surface area (Å²) in [4.78, 5) is 8.85. The molecule has 0 fully saturated rings. The number of hydrogen-bond acceptors (Lipinski definition) is 3. The Hall–Kier alpha value is -2.13. The second kappa shape index (κ2) is 4.63. The topological polar surface area (TPSA) is 25.8 Å². The van der Waals surface area contributed by atoms with Gasteiger partial charge in [-0.25, -0.2) is 4.98 Å². The number of fused-ring (bicyclic) bond motifs is 1. The van der Waals surface area contributed by atoms with Crippen LogP contribution in [0.4, 0.5) is 0 Å². The lowest BCUT2D eigenvalue weighted by molar-refractivity contribution is 1.31. The van der Waals surface area contributed by atoms with Gasteiger partial charge in [0.15, 0.2) is 0 Å². The van der Waals surface area contributed by atoms with Crippen molar-refractivity contribution >= 4 is 23.1 Å². The first kappa shape index (κ1) is 11.0. The lowest BCUT2D eigenvalue weighted by Crippen LogP contribution is -1.81. The number of hydrogen-bond donors (Lipinski definition) is 0. The summed E-state index contributed by atoms with van der Waals surface area (Å²) in [5, 5.41) is 1.01. The maximum absolute atomic E-state index is 5.14. The molecule has 0 N–H and O–H groups in total. The van der Waals surface area contributed by atoms with E-state index in [-0.39, 0.29) is 0 Å². The van der Waals surface area contributed by atoms with Crippen molar-refractivity contribution < 1.29 is 0 Å². The van der Waals surface area contributed by atoms with E-state index in [2.05, 4.69) is 9.97 Å². The Labute approximate surface area is 110 Å². The second-order valence-electron chi connectivity index (χ2n) is 3.94. The maximum Gasteiger partial charge on any atom is 0.145 e. The third-order valence-corrected chi connectivity index (χ3v) is 2.94. The van der Waals surface area contributed by atoms with Crippen molar-refractivity contribution in [1.29, 1.82) is 0 Å². The van der Waals surface area contributed by atoms with Crippen LogP contribution in [-0.4, -0.2) is 9.97 Å². The van der Waals surface area contributed by atoms with E-state index in [1.807, 2.05) is 54.6 Å². The first-order chi connectivity index (χ1) is 8.84. The van der Waals surface area contributed by atoms with Crippen LogP contribution < -0.4 is 0 Å². The highest BCUT2D eigenvalue weighted by Gasteiger charge is 2.03. The van der Waals surface area contributed by atoms with E-state index >= 15 is 0 Å². The first-order valence-corrected chi connectivity index (χ1v) is 6.07. The molecule has 0 unspecified atom stereocenters. The number of nitrogens with zero attached hydrogens (tertiary/aromatic N) is 2. The van der Waals surface area contributed by atoms with Crippen molar-refractivity contribution in [3.63, 3.8) is 0 Å². The van der Waals surface area contributed by atoms with E-state index in [4.69, 9.17) is 12.2 Å². The molecule has 0 aliphatic carbocycles. The zero-order valence-electron chi connectivity index (χ0n) is 9.58. The van der Waals surface area contributed by atoms with Gasteiger partial charge in [-0.15, -0.1) is 0 Å². The molecular formula is C15H10N2S. The minimum Gasteiger partial charge on any atom is -0.252 e. The molecule has 0 spiro atoms. The standard InChI is InChI=1S/C15H10N2S/c18-14-10-16-15(11-6-2-1-3-7-11)12-8-4-5-9-13(12)17-14/h1-10H. The normalized spacial score (nSPS) is 10.4. The van der Waals surface area contributed by atoms with Crippen LogP contribution in [0.2, 0.25) is 0 Å². The molecule has 0 saturated heterocycles. The Kier molecular flexibility index (Phi) is 2.82. The van der Waals surface area contributed by atoms with E-state index < -0.39 is 0 Å². The van der Waals surface area contributed by atoms with Crippen LogP contribution in [0.5, 0.6) is 0 Å². The van der Waals surface area contributed by atoms with Gasteiger partial charge >= 0.3 is 0 Å². The highest BCUT2D eigenvalue weighted by molar-refractivity contribution is 7.71. The quantitative estimate of drug-likeness (QED) is 0.610. The number of para-hydroxylation sites is 1. The average Bonchev–Trinajstić information content (AvgIpc) is 2.58. The monoisotopic (exact) mass is 250 g/mol. The van der Waals surface area contributed by atoms with Gasteiger partial charge in [0.05, 0.1) is 17.4 Å². The van der Waals surface area contributed by atoms with Gasteiger partial charge < -0.3 is 0 Å². The molecular weight excluding hydrogens is 240 g/mol. The van der Waals surface area contributed by atoms with Gasteiger partial charge in [-0.1, -0.05) is 60.7 Å². The maximum atomic E-state index is 5.14. The summed E-state index contributed by atoms with van der Waals surface area (Å²) in [6.07, 6.45) is 1.64. The van der Waals surface area contributed by atoms with Crippen LogP contribution in [-0.2, 0) is 0 Å². The molecule has 0 bridgehead atoms. The molecule has 86 valence electrons. The van der Waals surface area contributed by atoms with Gasteiger partial charge in [-0.05, 0) is 6.07 Å². The van der Waals surface area contributed by atoms with Gasteiger partial charge in [0.25, 0.3) is 0 Å². The van der Waals surface area contributed by atoms with Crippen LogP contribution in [0.15, 0.2) is 60.8 Å². The summed E-state index contributed by atoms with van der Waals surface area (Å²) >= 11 is 5.14. The fourth-order valence-corrected chi connectivity index (χ4v) is 2.09. The Bertz CT molecular complexity index is 754. The summed E-state index contributed by atoms with van der Waals surface area (Å²) in [7, 11) is 0. The van der Waals surface area contributed by atoms with Crippen molar-refractivity contribution in [3.05, 3.63) is 65.4 Å². The number of benzene rings is 2. The molecule has 0 saturated carbocycles.